The van der Waals surface area contributed by atoms with Crippen LogP contribution in [0.2, 0.25) is 0 Å². The maximum absolute atomic E-state index is 11.3. The molecule has 0 aromatic rings. The maximum atomic E-state index is 11.3. The Labute approximate surface area is 146 Å². The summed E-state index contributed by atoms with van der Waals surface area (Å²) in [6.07, 6.45) is 11.1. The third kappa shape index (κ3) is 2.07. The van der Waals surface area contributed by atoms with E-state index in [0.29, 0.717) is 30.6 Å². The minimum absolute atomic E-state index is 0.0353. The fourth-order valence-electron chi connectivity index (χ4n) is 7.57. The average Bonchev–Trinajstić information content (AvgIpc) is 2.78. The van der Waals surface area contributed by atoms with E-state index in [4.69, 9.17) is 0 Å². The summed E-state index contributed by atoms with van der Waals surface area (Å²) in [6.45, 7) is 4.62. The van der Waals surface area contributed by atoms with Crippen LogP contribution in [0.3, 0.4) is 0 Å². The van der Waals surface area contributed by atoms with Gasteiger partial charge in [0.1, 0.15) is 0 Å². The number of hydrogen-bond donors (Lipinski definition) is 3. The average molecular weight is 335 g/mol. The van der Waals surface area contributed by atoms with Gasteiger partial charge in [-0.25, -0.2) is 0 Å². The Hall–Kier alpha value is -0.380. The van der Waals surface area contributed by atoms with Crippen LogP contribution < -0.4 is 0 Å². The quantitative estimate of drug-likeness (QED) is 0.678. The van der Waals surface area contributed by atoms with Gasteiger partial charge in [-0.1, -0.05) is 25.5 Å². The minimum Gasteiger partial charge on any atom is -0.396 e. The van der Waals surface area contributed by atoms with Gasteiger partial charge in [0.2, 0.25) is 0 Å². The molecule has 3 heteroatoms. The van der Waals surface area contributed by atoms with E-state index in [-0.39, 0.29) is 23.5 Å². The highest BCUT2D eigenvalue weighted by molar-refractivity contribution is 5.26. The number of allylic oxidation sites excluding steroid dienone is 2. The van der Waals surface area contributed by atoms with Crippen molar-refractivity contribution in [1.82, 2.24) is 0 Å². The third-order valence-corrected chi connectivity index (χ3v) is 8.81. The molecular weight excluding hydrogens is 300 g/mol. The first kappa shape index (κ1) is 17.1. The Kier molecular flexibility index (Phi) is 3.95. The highest BCUT2D eigenvalue weighted by Gasteiger charge is 2.65. The van der Waals surface area contributed by atoms with Crippen molar-refractivity contribution in [2.45, 2.75) is 83.3 Å². The molecule has 3 fully saturated rings. The van der Waals surface area contributed by atoms with Crippen LogP contribution in [-0.4, -0.2) is 33.6 Å². The molecule has 4 aliphatic carbocycles. The van der Waals surface area contributed by atoms with E-state index in [1.54, 1.807) is 5.57 Å². The van der Waals surface area contributed by atoms with Gasteiger partial charge in [0.15, 0.2) is 0 Å². The lowest BCUT2D eigenvalue weighted by atomic mass is 9.45. The molecule has 4 rings (SSSR count). The van der Waals surface area contributed by atoms with Crippen molar-refractivity contribution in [2.75, 3.05) is 6.61 Å². The number of aliphatic hydroxyl groups excluding tert-OH is 2. The fourth-order valence-corrected chi connectivity index (χ4v) is 7.57. The molecule has 3 saturated carbocycles. The minimum atomic E-state index is -0.804. The molecule has 7 atom stereocenters. The van der Waals surface area contributed by atoms with Gasteiger partial charge in [-0.05, 0) is 81.0 Å². The molecule has 3 N–H and O–H groups in total. The monoisotopic (exact) mass is 334 g/mol. The lowest BCUT2D eigenvalue weighted by molar-refractivity contribution is -0.175. The van der Waals surface area contributed by atoms with Gasteiger partial charge in [-0.15, -0.1) is 0 Å². The fraction of sp³-hybridized carbons (Fsp3) is 0.905. The Morgan fingerprint density at radius 1 is 1.21 bits per heavy atom. The van der Waals surface area contributed by atoms with E-state index in [2.05, 4.69) is 19.9 Å². The molecule has 0 bridgehead atoms. The topological polar surface area (TPSA) is 60.7 Å². The van der Waals surface area contributed by atoms with Crippen molar-refractivity contribution in [1.29, 1.82) is 0 Å². The van der Waals surface area contributed by atoms with Crippen molar-refractivity contribution in [3.63, 3.8) is 0 Å². The first-order valence-electron chi connectivity index (χ1n) is 10.1. The molecule has 24 heavy (non-hydrogen) atoms. The second-order valence-electron chi connectivity index (χ2n) is 9.61. The van der Waals surface area contributed by atoms with Gasteiger partial charge in [-0.2, -0.15) is 0 Å². The second kappa shape index (κ2) is 5.56. The van der Waals surface area contributed by atoms with E-state index in [0.717, 1.165) is 12.8 Å². The zero-order valence-corrected chi connectivity index (χ0v) is 15.3. The molecule has 0 unspecified atom stereocenters. The van der Waals surface area contributed by atoms with Crippen molar-refractivity contribution < 1.29 is 15.3 Å². The largest absolute Gasteiger partial charge is 0.396 e. The van der Waals surface area contributed by atoms with Crippen LogP contribution in [0.4, 0.5) is 0 Å². The van der Waals surface area contributed by atoms with Gasteiger partial charge in [0, 0.05) is 12.0 Å². The van der Waals surface area contributed by atoms with Gasteiger partial charge in [0.05, 0.1) is 11.7 Å². The summed E-state index contributed by atoms with van der Waals surface area (Å²) in [5.41, 5.74) is 0.714. The predicted octanol–water partition coefficient (Wildman–Crippen LogP) is 3.42. The molecule has 0 saturated heterocycles. The van der Waals surface area contributed by atoms with E-state index in [1.165, 1.54) is 32.1 Å². The summed E-state index contributed by atoms with van der Waals surface area (Å²) >= 11 is 0. The Bertz CT molecular complexity index is 543. The zero-order valence-electron chi connectivity index (χ0n) is 15.3. The normalized spacial score (nSPS) is 53.8. The highest BCUT2D eigenvalue weighted by Crippen LogP contribution is 2.68. The van der Waals surface area contributed by atoms with Crippen LogP contribution in [0.15, 0.2) is 11.6 Å². The van der Waals surface area contributed by atoms with Crippen LogP contribution in [0.5, 0.6) is 0 Å². The number of hydrogen-bond acceptors (Lipinski definition) is 3. The van der Waals surface area contributed by atoms with Crippen molar-refractivity contribution in [2.24, 2.45) is 28.6 Å². The maximum Gasteiger partial charge on any atom is 0.0726 e. The van der Waals surface area contributed by atoms with Crippen molar-refractivity contribution in [3.8, 4) is 0 Å². The molecule has 0 aromatic carbocycles. The number of fused-ring (bicyclic) bond motifs is 5. The highest BCUT2D eigenvalue weighted by atomic mass is 16.3. The molecule has 136 valence electrons. The Morgan fingerprint density at radius 2 is 2.00 bits per heavy atom. The first-order chi connectivity index (χ1) is 11.4. The summed E-state index contributed by atoms with van der Waals surface area (Å²) < 4.78 is 0. The molecule has 0 heterocycles. The standard InChI is InChI=1S/C21H34O3/c1-19-9-4-3-5-14(19)6-7-15-16-8-10-21(24,11-12-22)20(16,2)13-17(23)18(15)19/h5,15-18,22-24H,3-4,6-13H2,1-2H3/t15-,16-,17-,18+,19-,20-,21-/m0/s1. The van der Waals surface area contributed by atoms with E-state index < -0.39 is 5.60 Å². The van der Waals surface area contributed by atoms with Crippen LogP contribution in [0, 0.1) is 28.6 Å². The molecular formula is C21H34O3. The molecule has 0 aliphatic heterocycles. The summed E-state index contributed by atoms with van der Waals surface area (Å²) in [7, 11) is 0. The predicted molar refractivity (Wildman–Crippen MR) is 94.4 cm³/mol. The van der Waals surface area contributed by atoms with Crippen LogP contribution in [-0.2, 0) is 0 Å². The van der Waals surface area contributed by atoms with E-state index >= 15 is 0 Å². The van der Waals surface area contributed by atoms with E-state index in [1.807, 2.05) is 0 Å². The number of aliphatic hydroxyl groups is 3. The SMILES string of the molecule is C[C@]12CCCC=C1CC[C@@H]1[C@@H]2[C@@H](O)C[C@@]2(C)[C@H]1CC[C@]2(O)CCO. The molecule has 0 radical (unpaired) electrons. The Morgan fingerprint density at radius 3 is 2.75 bits per heavy atom. The summed E-state index contributed by atoms with van der Waals surface area (Å²) in [6, 6.07) is 0. The molecule has 0 aromatic heterocycles. The zero-order chi connectivity index (χ0) is 17.2. The molecule has 0 amide bonds. The smallest absolute Gasteiger partial charge is 0.0726 e. The molecule has 4 aliphatic rings. The van der Waals surface area contributed by atoms with Gasteiger partial charge in [-0.3, -0.25) is 0 Å². The van der Waals surface area contributed by atoms with Gasteiger partial charge >= 0.3 is 0 Å². The third-order valence-electron chi connectivity index (χ3n) is 8.81. The molecule has 3 nitrogen and oxygen atoms in total. The van der Waals surface area contributed by atoms with Gasteiger partial charge < -0.3 is 15.3 Å². The summed E-state index contributed by atoms with van der Waals surface area (Å²) in [4.78, 5) is 0. The van der Waals surface area contributed by atoms with Crippen LogP contribution in [0.1, 0.15) is 71.6 Å². The van der Waals surface area contributed by atoms with Crippen molar-refractivity contribution >= 4 is 0 Å². The Balaban J connectivity index is 1.71. The van der Waals surface area contributed by atoms with Crippen molar-refractivity contribution in [3.05, 3.63) is 11.6 Å². The lowest BCUT2D eigenvalue weighted by Gasteiger charge is -2.61. The van der Waals surface area contributed by atoms with E-state index in [9.17, 15) is 15.3 Å². The van der Waals surface area contributed by atoms with Gasteiger partial charge in [0.25, 0.3) is 0 Å². The van der Waals surface area contributed by atoms with Crippen LogP contribution in [0.25, 0.3) is 0 Å². The van der Waals surface area contributed by atoms with Crippen LogP contribution >= 0.6 is 0 Å². The lowest BCUT2D eigenvalue weighted by Crippen LogP contribution is -2.59. The number of rotatable bonds is 2. The summed E-state index contributed by atoms with van der Waals surface area (Å²) in [5, 5.41) is 31.9. The first-order valence-corrected chi connectivity index (χ1v) is 10.1. The summed E-state index contributed by atoms with van der Waals surface area (Å²) in [5.74, 6) is 1.36. The second-order valence-corrected chi connectivity index (χ2v) is 9.61. The molecule has 0 spiro atoms.